The molecular formula is C9H6Cl2OS. The van der Waals surface area contributed by atoms with Crippen LogP contribution >= 0.6 is 34.5 Å². The lowest BCUT2D eigenvalue weighted by Crippen LogP contribution is -1.81. The lowest BCUT2D eigenvalue weighted by atomic mass is 10.2. The van der Waals surface area contributed by atoms with Gasteiger partial charge in [-0.2, -0.15) is 0 Å². The van der Waals surface area contributed by atoms with Crippen molar-refractivity contribution >= 4 is 44.6 Å². The summed E-state index contributed by atoms with van der Waals surface area (Å²) in [6.45, 7) is 0.00310. The Bertz CT molecular complexity index is 450. The Morgan fingerprint density at radius 3 is 2.69 bits per heavy atom. The summed E-state index contributed by atoms with van der Waals surface area (Å²) in [5.74, 6) is 0. The number of hydrogen-bond donors (Lipinski definition) is 1. The first kappa shape index (κ1) is 9.28. The zero-order valence-electron chi connectivity index (χ0n) is 6.55. The van der Waals surface area contributed by atoms with Crippen molar-refractivity contribution in [2.24, 2.45) is 0 Å². The van der Waals surface area contributed by atoms with Crippen LogP contribution in [0.3, 0.4) is 0 Å². The lowest BCUT2D eigenvalue weighted by molar-refractivity contribution is 0.282. The molecule has 0 bridgehead atoms. The van der Waals surface area contributed by atoms with Crippen LogP contribution in [0.2, 0.25) is 9.36 Å². The lowest BCUT2D eigenvalue weighted by Gasteiger charge is -1.98. The third-order valence-electron chi connectivity index (χ3n) is 1.78. The molecule has 0 saturated heterocycles. The van der Waals surface area contributed by atoms with Crippen molar-refractivity contribution in [1.82, 2.24) is 0 Å². The summed E-state index contributed by atoms with van der Waals surface area (Å²) in [5, 5.41) is 10.6. The molecule has 0 saturated carbocycles. The van der Waals surface area contributed by atoms with Gasteiger partial charge in [-0.1, -0.05) is 23.2 Å². The van der Waals surface area contributed by atoms with Crippen molar-refractivity contribution < 1.29 is 5.11 Å². The standard InChI is InChI=1S/C9H6Cl2OS/c10-7-2-5(4-12)1-6-3-8(11)13-9(6)7/h1-3,12H,4H2. The van der Waals surface area contributed by atoms with Crippen LogP contribution < -0.4 is 0 Å². The second kappa shape index (κ2) is 3.46. The summed E-state index contributed by atoms with van der Waals surface area (Å²) in [6.07, 6.45) is 0. The maximum absolute atomic E-state index is 8.94. The highest BCUT2D eigenvalue weighted by molar-refractivity contribution is 7.23. The van der Waals surface area contributed by atoms with Crippen molar-refractivity contribution in [2.75, 3.05) is 0 Å². The maximum Gasteiger partial charge on any atom is 0.0941 e. The highest BCUT2D eigenvalue weighted by Crippen LogP contribution is 2.35. The van der Waals surface area contributed by atoms with Crippen LogP contribution in [0.5, 0.6) is 0 Å². The SMILES string of the molecule is OCc1cc(Cl)c2sc(Cl)cc2c1. The van der Waals surface area contributed by atoms with Crippen molar-refractivity contribution in [2.45, 2.75) is 6.61 Å². The van der Waals surface area contributed by atoms with Gasteiger partial charge in [0.1, 0.15) is 0 Å². The first-order valence-electron chi connectivity index (χ1n) is 3.69. The number of benzene rings is 1. The molecule has 13 heavy (non-hydrogen) atoms. The molecule has 68 valence electrons. The molecule has 0 spiro atoms. The van der Waals surface area contributed by atoms with Gasteiger partial charge in [0.15, 0.2) is 0 Å². The molecule has 1 nitrogen and oxygen atoms in total. The molecule has 1 N–H and O–H groups in total. The Morgan fingerprint density at radius 2 is 2.00 bits per heavy atom. The van der Waals surface area contributed by atoms with E-state index in [1.807, 2.05) is 12.1 Å². The van der Waals surface area contributed by atoms with E-state index in [9.17, 15) is 0 Å². The minimum atomic E-state index is 0.00310. The van der Waals surface area contributed by atoms with E-state index in [1.165, 1.54) is 11.3 Å². The summed E-state index contributed by atoms with van der Waals surface area (Å²) in [7, 11) is 0. The number of aliphatic hydroxyl groups excluding tert-OH is 1. The van der Waals surface area contributed by atoms with Gasteiger partial charge in [0.05, 0.1) is 20.7 Å². The topological polar surface area (TPSA) is 20.2 Å². The van der Waals surface area contributed by atoms with Gasteiger partial charge in [-0.25, -0.2) is 0 Å². The Labute approximate surface area is 89.5 Å². The first-order chi connectivity index (χ1) is 6.20. The minimum Gasteiger partial charge on any atom is -0.392 e. The van der Waals surface area contributed by atoms with Gasteiger partial charge in [0.2, 0.25) is 0 Å². The molecule has 4 heteroatoms. The van der Waals surface area contributed by atoms with E-state index in [2.05, 4.69) is 0 Å². The fourth-order valence-corrected chi connectivity index (χ4v) is 2.72. The summed E-state index contributed by atoms with van der Waals surface area (Å²) < 4.78 is 1.69. The fourth-order valence-electron chi connectivity index (χ4n) is 1.23. The van der Waals surface area contributed by atoms with E-state index in [0.29, 0.717) is 9.36 Å². The van der Waals surface area contributed by atoms with E-state index in [1.54, 1.807) is 6.07 Å². The van der Waals surface area contributed by atoms with Crippen LogP contribution in [0.25, 0.3) is 10.1 Å². The van der Waals surface area contributed by atoms with Crippen LogP contribution in [-0.4, -0.2) is 5.11 Å². The van der Waals surface area contributed by atoms with Gasteiger partial charge < -0.3 is 5.11 Å². The molecule has 1 aromatic heterocycles. The van der Waals surface area contributed by atoms with Crippen LogP contribution in [-0.2, 0) is 6.61 Å². The average molecular weight is 233 g/mol. The van der Waals surface area contributed by atoms with Gasteiger partial charge in [-0.05, 0) is 29.1 Å². The smallest absolute Gasteiger partial charge is 0.0941 e. The van der Waals surface area contributed by atoms with Gasteiger partial charge >= 0.3 is 0 Å². The Hall–Kier alpha value is -0.280. The molecule has 0 aliphatic carbocycles. The Morgan fingerprint density at radius 1 is 1.23 bits per heavy atom. The molecule has 2 rings (SSSR count). The maximum atomic E-state index is 8.94. The highest BCUT2D eigenvalue weighted by Gasteiger charge is 2.05. The minimum absolute atomic E-state index is 0.00310. The monoisotopic (exact) mass is 232 g/mol. The summed E-state index contributed by atoms with van der Waals surface area (Å²) >= 11 is 13.3. The van der Waals surface area contributed by atoms with Gasteiger partial charge in [-0.3, -0.25) is 0 Å². The molecule has 2 aromatic rings. The molecule has 0 unspecified atom stereocenters. The molecule has 0 atom stereocenters. The predicted octanol–water partition coefficient (Wildman–Crippen LogP) is 3.70. The van der Waals surface area contributed by atoms with Crippen LogP contribution in [0, 0.1) is 0 Å². The van der Waals surface area contributed by atoms with Crippen molar-refractivity contribution in [3.63, 3.8) is 0 Å². The number of thiophene rings is 1. The summed E-state index contributed by atoms with van der Waals surface area (Å²) in [4.78, 5) is 0. The summed E-state index contributed by atoms with van der Waals surface area (Å²) in [5.41, 5.74) is 0.812. The number of aliphatic hydroxyl groups is 1. The largest absolute Gasteiger partial charge is 0.392 e. The Kier molecular flexibility index (Phi) is 2.47. The molecule has 1 aromatic carbocycles. The van der Waals surface area contributed by atoms with Crippen molar-refractivity contribution in [1.29, 1.82) is 0 Å². The van der Waals surface area contributed by atoms with Crippen molar-refractivity contribution in [3.8, 4) is 0 Å². The van der Waals surface area contributed by atoms with Gasteiger partial charge in [0, 0.05) is 0 Å². The van der Waals surface area contributed by atoms with E-state index in [0.717, 1.165) is 15.6 Å². The van der Waals surface area contributed by atoms with Crippen molar-refractivity contribution in [3.05, 3.63) is 33.1 Å². The zero-order chi connectivity index (χ0) is 9.42. The molecule has 0 radical (unpaired) electrons. The molecule has 0 amide bonds. The van der Waals surface area contributed by atoms with E-state index in [4.69, 9.17) is 28.3 Å². The molecular weight excluding hydrogens is 227 g/mol. The molecule has 1 heterocycles. The molecule has 0 fully saturated rings. The molecule has 0 aliphatic heterocycles. The third kappa shape index (κ3) is 1.67. The normalized spacial score (nSPS) is 11.0. The Balaban J connectivity index is 2.75. The number of hydrogen-bond acceptors (Lipinski definition) is 2. The third-order valence-corrected chi connectivity index (χ3v) is 3.51. The predicted molar refractivity (Wildman–Crippen MR) is 57.8 cm³/mol. The number of rotatable bonds is 1. The first-order valence-corrected chi connectivity index (χ1v) is 5.26. The molecule has 0 aliphatic rings. The average Bonchev–Trinajstić information content (AvgIpc) is 2.46. The van der Waals surface area contributed by atoms with Crippen LogP contribution in [0.4, 0.5) is 0 Å². The zero-order valence-corrected chi connectivity index (χ0v) is 8.88. The van der Waals surface area contributed by atoms with E-state index >= 15 is 0 Å². The fraction of sp³-hybridized carbons (Fsp3) is 0.111. The second-order valence-electron chi connectivity index (χ2n) is 2.70. The quantitative estimate of drug-likeness (QED) is 0.796. The van der Waals surface area contributed by atoms with Gasteiger partial charge in [-0.15, -0.1) is 11.3 Å². The van der Waals surface area contributed by atoms with Crippen LogP contribution in [0.15, 0.2) is 18.2 Å². The second-order valence-corrected chi connectivity index (χ2v) is 4.80. The number of fused-ring (bicyclic) bond motifs is 1. The summed E-state index contributed by atoms with van der Waals surface area (Å²) in [6, 6.07) is 5.51. The number of halogens is 2. The highest BCUT2D eigenvalue weighted by atomic mass is 35.5. The van der Waals surface area contributed by atoms with Crippen LogP contribution in [0.1, 0.15) is 5.56 Å². The van der Waals surface area contributed by atoms with Gasteiger partial charge in [0.25, 0.3) is 0 Å². The van der Waals surface area contributed by atoms with E-state index < -0.39 is 0 Å². The van der Waals surface area contributed by atoms with E-state index in [-0.39, 0.29) is 6.61 Å².